The maximum atomic E-state index is 5.37. The zero-order chi connectivity index (χ0) is 18.2. The molecule has 0 atom stereocenters. The van der Waals surface area contributed by atoms with Gasteiger partial charge in [0.2, 0.25) is 0 Å². The van der Waals surface area contributed by atoms with Crippen LogP contribution in [-0.2, 0) is 6.54 Å². The monoisotopic (exact) mass is 475 g/mol. The molecule has 0 unspecified atom stereocenters. The maximum absolute atomic E-state index is 5.37. The summed E-state index contributed by atoms with van der Waals surface area (Å²) in [7, 11) is 0. The normalized spacial score (nSPS) is 16.4. The van der Waals surface area contributed by atoms with Gasteiger partial charge in [-0.2, -0.15) is 0 Å². The predicted octanol–water partition coefficient (Wildman–Crippen LogP) is 3.51. The zero-order valence-corrected chi connectivity index (χ0v) is 18.9. The van der Waals surface area contributed by atoms with Crippen molar-refractivity contribution in [3.05, 3.63) is 29.7 Å². The summed E-state index contributed by atoms with van der Waals surface area (Å²) in [6, 6.07) is 2.45. The highest BCUT2D eigenvalue weighted by molar-refractivity contribution is 14.0. The quantitative estimate of drug-likeness (QED) is 0.274. The lowest BCUT2D eigenvalue weighted by Gasteiger charge is -2.33. The largest absolute Gasteiger partial charge is 0.359 e. The van der Waals surface area contributed by atoms with E-state index in [1.54, 1.807) is 0 Å². The van der Waals surface area contributed by atoms with E-state index in [1.807, 2.05) is 6.07 Å². The standard InChI is InChI=1S/C19H33N5O.HI/c1-6-20-19(21-12-17-11-18(15(4)5)23-25-17)22-16-7-9-24(10-8-16)13-14(2)3;/h11,15-16H,2,6-10,12-13H2,1,3-5H3,(H2,20,21,22);1H. The molecule has 0 amide bonds. The summed E-state index contributed by atoms with van der Waals surface area (Å²) in [6.07, 6.45) is 2.25. The van der Waals surface area contributed by atoms with Gasteiger partial charge in [0.05, 0.1) is 5.69 Å². The van der Waals surface area contributed by atoms with Gasteiger partial charge in [0, 0.05) is 38.3 Å². The van der Waals surface area contributed by atoms with E-state index in [-0.39, 0.29) is 24.0 Å². The van der Waals surface area contributed by atoms with Crippen LogP contribution in [0.25, 0.3) is 0 Å². The van der Waals surface area contributed by atoms with E-state index in [9.17, 15) is 0 Å². The Balaban J connectivity index is 0.00000338. The molecule has 1 aromatic heterocycles. The van der Waals surface area contributed by atoms with Crippen molar-refractivity contribution in [2.75, 3.05) is 26.2 Å². The number of piperidine rings is 1. The molecule has 0 bridgehead atoms. The van der Waals surface area contributed by atoms with Gasteiger partial charge in [-0.25, -0.2) is 4.99 Å². The van der Waals surface area contributed by atoms with Crippen LogP contribution in [0.15, 0.2) is 27.7 Å². The van der Waals surface area contributed by atoms with Crippen LogP contribution in [0, 0.1) is 0 Å². The lowest BCUT2D eigenvalue weighted by atomic mass is 10.0. The molecule has 7 heteroatoms. The number of likely N-dealkylation sites (tertiary alicyclic amines) is 1. The molecular formula is C19H34IN5O. The van der Waals surface area contributed by atoms with Gasteiger partial charge in [-0.15, -0.1) is 24.0 Å². The molecule has 1 fully saturated rings. The second-order valence-electron chi connectivity index (χ2n) is 7.22. The van der Waals surface area contributed by atoms with Gasteiger partial charge in [0.15, 0.2) is 11.7 Å². The molecule has 6 nitrogen and oxygen atoms in total. The number of aliphatic imine (C=N–C) groups is 1. The Labute approximate surface area is 174 Å². The average molecular weight is 475 g/mol. The van der Waals surface area contributed by atoms with Crippen molar-refractivity contribution in [3.63, 3.8) is 0 Å². The van der Waals surface area contributed by atoms with Crippen molar-refractivity contribution >= 4 is 29.9 Å². The maximum Gasteiger partial charge on any atom is 0.191 e. The van der Waals surface area contributed by atoms with Crippen LogP contribution < -0.4 is 10.6 Å². The highest BCUT2D eigenvalue weighted by Gasteiger charge is 2.19. The molecule has 0 aliphatic carbocycles. The summed E-state index contributed by atoms with van der Waals surface area (Å²) in [6.45, 7) is 16.9. The van der Waals surface area contributed by atoms with Crippen molar-refractivity contribution in [2.45, 2.75) is 59.0 Å². The van der Waals surface area contributed by atoms with E-state index in [2.05, 4.69) is 60.0 Å². The molecular weight excluding hydrogens is 441 g/mol. The van der Waals surface area contributed by atoms with E-state index in [0.717, 1.165) is 56.4 Å². The third-order valence-corrected chi connectivity index (χ3v) is 4.33. The Morgan fingerprint density at radius 1 is 1.42 bits per heavy atom. The summed E-state index contributed by atoms with van der Waals surface area (Å²) in [5.74, 6) is 2.03. The highest BCUT2D eigenvalue weighted by atomic mass is 127. The minimum absolute atomic E-state index is 0. The number of hydrogen-bond donors (Lipinski definition) is 2. The fourth-order valence-electron chi connectivity index (χ4n) is 2.96. The first kappa shape index (κ1) is 23.0. The molecule has 2 heterocycles. The Morgan fingerprint density at radius 3 is 2.65 bits per heavy atom. The highest BCUT2D eigenvalue weighted by Crippen LogP contribution is 2.15. The molecule has 26 heavy (non-hydrogen) atoms. The number of halogens is 1. The van der Waals surface area contributed by atoms with Gasteiger partial charge in [0.25, 0.3) is 0 Å². The Bertz CT molecular complexity index is 576. The van der Waals surface area contributed by atoms with Crippen LogP contribution >= 0.6 is 24.0 Å². The fourth-order valence-corrected chi connectivity index (χ4v) is 2.96. The summed E-state index contributed by atoms with van der Waals surface area (Å²) < 4.78 is 5.37. The number of nitrogens with zero attached hydrogens (tertiary/aromatic N) is 3. The van der Waals surface area contributed by atoms with Crippen molar-refractivity contribution in [1.82, 2.24) is 20.7 Å². The Kier molecular flexibility index (Phi) is 10.2. The number of nitrogens with one attached hydrogen (secondary N) is 2. The van der Waals surface area contributed by atoms with Gasteiger partial charge < -0.3 is 15.2 Å². The van der Waals surface area contributed by atoms with Crippen molar-refractivity contribution in [2.24, 2.45) is 4.99 Å². The molecule has 2 N–H and O–H groups in total. The molecule has 1 saturated heterocycles. The van der Waals surface area contributed by atoms with Gasteiger partial charge >= 0.3 is 0 Å². The van der Waals surface area contributed by atoms with E-state index in [0.29, 0.717) is 18.5 Å². The number of rotatable bonds is 7. The molecule has 0 saturated carbocycles. The fraction of sp³-hybridized carbons (Fsp3) is 0.684. The lowest BCUT2D eigenvalue weighted by Crippen LogP contribution is -2.48. The first-order valence-corrected chi connectivity index (χ1v) is 9.35. The molecule has 0 spiro atoms. The third-order valence-electron chi connectivity index (χ3n) is 4.33. The molecule has 0 radical (unpaired) electrons. The predicted molar refractivity (Wildman–Crippen MR) is 118 cm³/mol. The Morgan fingerprint density at radius 2 is 2.12 bits per heavy atom. The minimum atomic E-state index is 0. The second-order valence-corrected chi connectivity index (χ2v) is 7.22. The van der Waals surface area contributed by atoms with Gasteiger partial charge in [-0.1, -0.05) is 31.2 Å². The molecule has 1 aliphatic heterocycles. The van der Waals surface area contributed by atoms with Crippen LogP contribution in [-0.4, -0.2) is 48.2 Å². The van der Waals surface area contributed by atoms with E-state index >= 15 is 0 Å². The van der Waals surface area contributed by atoms with Crippen LogP contribution in [0.2, 0.25) is 0 Å². The lowest BCUT2D eigenvalue weighted by molar-refractivity contribution is 0.221. The summed E-state index contributed by atoms with van der Waals surface area (Å²) in [5.41, 5.74) is 2.21. The number of hydrogen-bond acceptors (Lipinski definition) is 4. The van der Waals surface area contributed by atoms with Crippen molar-refractivity contribution in [1.29, 1.82) is 0 Å². The Hall–Kier alpha value is -1.09. The summed E-state index contributed by atoms with van der Waals surface area (Å²) in [5, 5.41) is 11.0. The van der Waals surface area contributed by atoms with Crippen LogP contribution in [0.5, 0.6) is 0 Å². The topological polar surface area (TPSA) is 65.7 Å². The van der Waals surface area contributed by atoms with Crippen LogP contribution in [0.4, 0.5) is 0 Å². The van der Waals surface area contributed by atoms with Gasteiger partial charge in [-0.05, 0) is 32.6 Å². The minimum Gasteiger partial charge on any atom is -0.359 e. The van der Waals surface area contributed by atoms with Gasteiger partial charge in [0.1, 0.15) is 6.54 Å². The number of aromatic nitrogens is 1. The molecule has 0 aromatic carbocycles. The smallest absolute Gasteiger partial charge is 0.191 e. The van der Waals surface area contributed by atoms with Gasteiger partial charge in [-0.3, -0.25) is 4.90 Å². The molecule has 148 valence electrons. The average Bonchev–Trinajstić information content (AvgIpc) is 3.03. The van der Waals surface area contributed by atoms with Crippen LogP contribution in [0.3, 0.4) is 0 Å². The summed E-state index contributed by atoms with van der Waals surface area (Å²) >= 11 is 0. The van der Waals surface area contributed by atoms with E-state index in [1.165, 1.54) is 5.57 Å². The van der Waals surface area contributed by atoms with E-state index < -0.39 is 0 Å². The van der Waals surface area contributed by atoms with Crippen LogP contribution in [0.1, 0.15) is 57.9 Å². The van der Waals surface area contributed by atoms with Crippen molar-refractivity contribution < 1.29 is 4.52 Å². The molecule has 1 aromatic rings. The summed E-state index contributed by atoms with van der Waals surface area (Å²) in [4.78, 5) is 7.12. The zero-order valence-electron chi connectivity index (χ0n) is 16.5. The second kappa shape index (κ2) is 11.6. The first-order chi connectivity index (χ1) is 12.0. The van der Waals surface area contributed by atoms with Crippen molar-refractivity contribution in [3.8, 4) is 0 Å². The number of guanidine groups is 1. The SMILES string of the molecule is C=C(C)CN1CCC(NC(=NCc2cc(C(C)C)no2)NCC)CC1.I. The van der Waals surface area contributed by atoms with E-state index in [4.69, 9.17) is 4.52 Å². The third kappa shape index (κ3) is 7.65. The first-order valence-electron chi connectivity index (χ1n) is 9.35. The molecule has 1 aliphatic rings. The molecule has 2 rings (SSSR count).